The fraction of sp³-hybridized carbons (Fsp3) is 0.214. The first-order valence-electron chi connectivity index (χ1n) is 6.19. The normalized spacial score (nSPS) is 11.2. The maximum atomic E-state index is 11.6. The van der Waals surface area contributed by atoms with Gasteiger partial charge in [-0.05, 0) is 36.2 Å². The molecule has 0 N–H and O–H groups in total. The Kier molecular flexibility index (Phi) is 3.06. The topological polar surface area (TPSA) is 56.5 Å². The molecule has 0 bridgehead atoms. The molecule has 102 valence electrons. The van der Waals surface area contributed by atoms with Crippen LogP contribution < -0.4 is 0 Å². The van der Waals surface area contributed by atoms with Gasteiger partial charge in [0, 0.05) is 11.6 Å². The van der Waals surface area contributed by atoms with Gasteiger partial charge in [0.05, 0.1) is 23.9 Å². The van der Waals surface area contributed by atoms with E-state index in [0.29, 0.717) is 16.4 Å². The van der Waals surface area contributed by atoms with Crippen LogP contribution in [0.15, 0.2) is 24.4 Å². The third-order valence-electron chi connectivity index (χ3n) is 3.19. The van der Waals surface area contributed by atoms with Gasteiger partial charge in [0.1, 0.15) is 5.65 Å². The summed E-state index contributed by atoms with van der Waals surface area (Å²) in [6.45, 7) is 2.03. The molecule has 5 nitrogen and oxygen atoms in total. The summed E-state index contributed by atoms with van der Waals surface area (Å²) >= 11 is 6.17. The Labute approximate surface area is 120 Å². The van der Waals surface area contributed by atoms with Gasteiger partial charge >= 0.3 is 5.97 Å². The van der Waals surface area contributed by atoms with Crippen molar-refractivity contribution < 1.29 is 9.53 Å². The van der Waals surface area contributed by atoms with Crippen molar-refractivity contribution in [2.45, 2.75) is 13.3 Å². The van der Waals surface area contributed by atoms with E-state index in [0.717, 1.165) is 23.1 Å². The Bertz CT molecular complexity index is 826. The standard InChI is InChI=1S/C14H12ClN3O2/c1-3-9-7-18-12(16-9)10-5-4-8(13(19)20-2)6-11(10)17-14(18)15/h4-7H,3H2,1-2H3. The van der Waals surface area contributed by atoms with Crippen LogP contribution in [0.1, 0.15) is 23.0 Å². The summed E-state index contributed by atoms with van der Waals surface area (Å²) in [7, 11) is 1.35. The smallest absolute Gasteiger partial charge is 0.337 e. The molecule has 0 aliphatic carbocycles. The molecule has 0 fully saturated rings. The average Bonchev–Trinajstić information content (AvgIpc) is 2.91. The zero-order valence-corrected chi connectivity index (χ0v) is 11.8. The Morgan fingerprint density at radius 2 is 2.20 bits per heavy atom. The molecule has 0 atom stereocenters. The van der Waals surface area contributed by atoms with E-state index in [1.54, 1.807) is 16.5 Å². The number of aromatic nitrogens is 3. The molecule has 0 unspecified atom stereocenters. The molecule has 0 spiro atoms. The minimum absolute atomic E-state index is 0.321. The number of imidazole rings is 1. The maximum absolute atomic E-state index is 11.6. The molecule has 0 amide bonds. The van der Waals surface area contributed by atoms with E-state index < -0.39 is 5.97 Å². The SMILES string of the molecule is CCc1cn2c(Cl)nc3cc(C(=O)OC)ccc3c2n1. The predicted octanol–water partition coefficient (Wildman–Crippen LogP) is 2.88. The number of esters is 1. The molecular formula is C14H12ClN3O2. The Balaban J connectivity index is 2.32. The number of benzene rings is 1. The summed E-state index contributed by atoms with van der Waals surface area (Å²) in [6, 6.07) is 5.17. The largest absolute Gasteiger partial charge is 0.465 e. The number of carbonyl (C=O) groups is 1. The van der Waals surface area contributed by atoms with Gasteiger partial charge in [-0.15, -0.1) is 0 Å². The second-order valence-corrected chi connectivity index (χ2v) is 4.72. The van der Waals surface area contributed by atoms with Crippen molar-refractivity contribution in [3.05, 3.63) is 40.9 Å². The lowest BCUT2D eigenvalue weighted by Crippen LogP contribution is -2.01. The van der Waals surface area contributed by atoms with Crippen LogP contribution in [0.3, 0.4) is 0 Å². The Morgan fingerprint density at radius 3 is 2.90 bits per heavy atom. The van der Waals surface area contributed by atoms with Gasteiger partial charge in [0.25, 0.3) is 0 Å². The molecule has 0 saturated carbocycles. The van der Waals surface area contributed by atoms with Crippen molar-refractivity contribution in [1.82, 2.24) is 14.4 Å². The molecule has 6 heteroatoms. The predicted molar refractivity (Wildman–Crippen MR) is 76.2 cm³/mol. The Morgan fingerprint density at radius 1 is 1.40 bits per heavy atom. The van der Waals surface area contributed by atoms with E-state index in [-0.39, 0.29) is 0 Å². The number of hydrogen-bond donors (Lipinski definition) is 0. The van der Waals surface area contributed by atoms with Gasteiger partial charge in [0.2, 0.25) is 5.28 Å². The molecule has 3 aromatic rings. The van der Waals surface area contributed by atoms with Crippen molar-refractivity contribution in [1.29, 1.82) is 0 Å². The van der Waals surface area contributed by atoms with Crippen molar-refractivity contribution in [2.75, 3.05) is 7.11 Å². The number of fused-ring (bicyclic) bond motifs is 3. The highest BCUT2D eigenvalue weighted by atomic mass is 35.5. The third kappa shape index (κ3) is 1.91. The van der Waals surface area contributed by atoms with Crippen LogP contribution in [0.2, 0.25) is 5.28 Å². The number of ether oxygens (including phenoxy) is 1. The van der Waals surface area contributed by atoms with Crippen LogP contribution in [0, 0.1) is 0 Å². The van der Waals surface area contributed by atoms with Crippen molar-refractivity contribution in [2.24, 2.45) is 0 Å². The number of methoxy groups -OCH3 is 1. The molecule has 1 aromatic carbocycles. The molecule has 0 saturated heterocycles. The van der Waals surface area contributed by atoms with E-state index in [9.17, 15) is 4.79 Å². The summed E-state index contributed by atoms with van der Waals surface area (Å²) < 4.78 is 6.45. The molecule has 2 heterocycles. The number of nitrogens with zero attached hydrogens (tertiary/aromatic N) is 3. The van der Waals surface area contributed by atoms with Gasteiger partial charge < -0.3 is 4.74 Å². The van der Waals surface area contributed by atoms with Crippen LogP contribution in [0.5, 0.6) is 0 Å². The second-order valence-electron chi connectivity index (χ2n) is 4.38. The minimum atomic E-state index is -0.401. The molecule has 20 heavy (non-hydrogen) atoms. The number of hydrogen-bond acceptors (Lipinski definition) is 4. The fourth-order valence-electron chi connectivity index (χ4n) is 2.14. The van der Waals surface area contributed by atoms with Crippen molar-refractivity contribution in [3.8, 4) is 0 Å². The summed E-state index contributed by atoms with van der Waals surface area (Å²) in [5.41, 5.74) is 2.75. The number of halogens is 1. The van der Waals surface area contributed by atoms with Gasteiger partial charge in [0.15, 0.2) is 0 Å². The number of rotatable bonds is 2. The average molecular weight is 290 g/mol. The molecule has 0 aliphatic rings. The summed E-state index contributed by atoms with van der Waals surface area (Å²) in [5.74, 6) is -0.401. The van der Waals surface area contributed by atoms with Gasteiger partial charge in [-0.1, -0.05) is 6.92 Å². The lowest BCUT2D eigenvalue weighted by molar-refractivity contribution is 0.0601. The van der Waals surface area contributed by atoms with Crippen LogP contribution in [0.4, 0.5) is 0 Å². The quantitative estimate of drug-likeness (QED) is 0.538. The van der Waals surface area contributed by atoms with Crippen molar-refractivity contribution >= 4 is 34.1 Å². The van der Waals surface area contributed by atoms with E-state index in [1.807, 2.05) is 19.2 Å². The first-order valence-corrected chi connectivity index (χ1v) is 6.57. The maximum Gasteiger partial charge on any atom is 0.337 e. The van der Waals surface area contributed by atoms with Gasteiger partial charge in [-0.2, -0.15) is 0 Å². The molecule has 2 aromatic heterocycles. The van der Waals surface area contributed by atoms with Crippen LogP contribution in [-0.4, -0.2) is 27.4 Å². The van der Waals surface area contributed by atoms with Gasteiger partial charge in [-0.3, -0.25) is 4.40 Å². The van der Waals surface area contributed by atoms with E-state index in [4.69, 9.17) is 16.3 Å². The third-order valence-corrected chi connectivity index (χ3v) is 3.46. The monoisotopic (exact) mass is 289 g/mol. The summed E-state index contributed by atoms with van der Waals surface area (Å²) in [6.07, 6.45) is 2.69. The highest BCUT2D eigenvalue weighted by Crippen LogP contribution is 2.23. The van der Waals surface area contributed by atoms with Gasteiger partial charge in [-0.25, -0.2) is 14.8 Å². The zero-order chi connectivity index (χ0) is 14.3. The first-order chi connectivity index (χ1) is 9.63. The van der Waals surface area contributed by atoms with Crippen LogP contribution >= 0.6 is 11.6 Å². The molecule has 0 aliphatic heterocycles. The number of carbonyl (C=O) groups excluding carboxylic acids is 1. The van der Waals surface area contributed by atoms with E-state index in [1.165, 1.54) is 7.11 Å². The van der Waals surface area contributed by atoms with Crippen LogP contribution in [-0.2, 0) is 11.2 Å². The molecular weight excluding hydrogens is 278 g/mol. The van der Waals surface area contributed by atoms with Crippen molar-refractivity contribution in [3.63, 3.8) is 0 Å². The minimum Gasteiger partial charge on any atom is -0.465 e. The highest BCUT2D eigenvalue weighted by molar-refractivity contribution is 6.29. The van der Waals surface area contributed by atoms with E-state index >= 15 is 0 Å². The van der Waals surface area contributed by atoms with E-state index in [2.05, 4.69) is 9.97 Å². The lowest BCUT2D eigenvalue weighted by atomic mass is 10.1. The summed E-state index contributed by atoms with van der Waals surface area (Å²) in [4.78, 5) is 20.4. The summed E-state index contributed by atoms with van der Waals surface area (Å²) in [5, 5.41) is 1.17. The number of aryl methyl sites for hydroxylation is 1. The second kappa shape index (κ2) is 4.76. The zero-order valence-electron chi connectivity index (χ0n) is 11.1. The highest BCUT2D eigenvalue weighted by Gasteiger charge is 2.12. The van der Waals surface area contributed by atoms with Crippen LogP contribution in [0.25, 0.3) is 16.6 Å². The molecule has 3 rings (SSSR count). The fourth-order valence-corrected chi connectivity index (χ4v) is 2.36. The lowest BCUT2D eigenvalue weighted by Gasteiger charge is -2.04. The Hall–Kier alpha value is -2.14. The first kappa shape index (κ1) is 12.9. The molecule has 0 radical (unpaired) electrons.